The average molecular weight is 286 g/mol. The fraction of sp³-hybridized carbons (Fsp3) is 0.308. The van der Waals surface area contributed by atoms with Crippen LogP contribution >= 0.6 is 23.2 Å². The van der Waals surface area contributed by atoms with Gasteiger partial charge in [0.05, 0.1) is 13.7 Å². The third kappa shape index (κ3) is 2.97. The number of carbonyl (C=O) groups is 1. The van der Waals surface area contributed by atoms with E-state index >= 15 is 0 Å². The van der Waals surface area contributed by atoms with Gasteiger partial charge in [-0.25, -0.2) is 4.79 Å². The second-order valence-corrected chi connectivity index (χ2v) is 4.64. The first kappa shape index (κ1) is 14.8. The van der Waals surface area contributed by atoms with Gasteiger partial charge in [-0.3, -0.25) is 5.32 Å². The number of carbonyl (C=O) groups excluding carboxylic acids is 1. The van der Waals surface area contributed by atoms with Gasteiger partial charge in [0.25, 0.3) is 0 Å². The molecule has 0 heterocycles. The number of benzene rings is 1. The van der Waals surface area contributed by atoms with Crippen LogP contribution in [0.5, 0.6) is 0 Å². The highest BCUT2D eigenvalue weighted by atomic mass is 35.5. The van der Waals surface area contributed by atoms with Crippen molar-refractivity contribution in [3.63, 3.8) is 0 Å². The Morgan fingerprint density at radius 3 is 2.78 bits per heavy atom. The van der Waals surface area contributed by atoms with Gasteiger partial charge in [0, 0.05) is 15.6 Å². The predicted octanol–water partition coefficient (Wildman–Crippen LogP) is 2.60. The fourth-order valence-electron chi connectivity index (χ4n) is 1.59. The molecule has 3 nitrogen and oxygen atoms in total. The summed E-state index contributed by atoms with van der Waals surface area (Å²) in [6.45, 7) is 1.85. The van der Waals surface area contributed by atoms with Crippen LogP contribution in [0, 0.1) is 12.3 Å². The molecule has 1 rings (SSSR count). The Bertz CT molecular complexity index is 496. The highest BCUT2D eigenvalue weighted by Crippen LogP contribution is 2.31. The van der Waals surface area contributed by atoms with E-state index in [0.717, 1.165) is 0 Å². The maximum atomic E-state index is 11.9. The zero-order valence-corrected chi connectivity index (χ0v) is 11.6. The van der Waals surface area contributed by atoms with Crippen LogP contribution in [-0.4, -0.2) is 19.6 Å². The highest BCUT2D eigenvalue weighted by Gasteiger charge is 2.37. The molecule has 0 aliphatic rings. The number of ether oxygens (including phenoxy) is 1. The molecule has 0 saturated carbocycles. The van der Waals surface area contributed by atoms with Gasteiger partial charge in [0.15, 0.2) is 0 Å². The van der Waals surface area contributed by atoms with Crippen LogP contribution in [0.15, 0.2) is 18.2 Å². The zero-order valence-electron chi connectivity index (χ0n) is 10.1. The number of terminal acetylenes is 1. The van der Waals surface area contributed by atoms with Crippen LogP contribution in [0.25, 0.3) is 0 Å². The lowest BCUT2D eigenvalue weighted by Crippen LogP contribution is -2.47. The summed E-state index contributed by atoms with van der Waals surface area (Å²) < 4.78 is 4.79. The van der Waals surface area contributed by atoms with Gasteiger partial charge < -0.3 is 4.74 Å². The van der Waals surface area contributed by atoms with E-state index in [1.165, 1.54) is 7.11 Å². The van der Waals surface area contributed by atoms with E-state index in [1.807, 2.05) is 0 Å². The molecule has 1 aromatic carbocycles. The van der Waals surface area contributed by atoms with Crippen LogP contribution in [0.2, 0.25) is 10.0 Å². The molecule has 0 aliphatic heterocycles. The number of methoxy groups -OCH3 is 1. The van der Waals surface area contributed by atoms with Crippen LogP contribution < -0.4 is 5.32 Å². The molecule has 0 aliphatic carbocycles. The van der Waals surface area contributed by atoms with Crippen molar-refractivity contribution in [3.8, 4) is 12.3 Å². The predicted molar refractivity (Wildman–Crippen MR) is 72.7 cm³/mol. The molecule has 1 atom stereocenters. The van der Waals surface area contributed by atoms with Crippen molar-refractivity contribution in [3.05, 3.63) is 33.8 Å². The number of halogens is 2. The normalized spacial score (nSPS) is 13.5. The van der Waals surface area contributed by atoms with Crippen molar-refractivity contribution >= 4 is 29.2 Å². The van der Waals surface area contributed by atoms with E-state index in [9.17, 15) is 4.79 Å². The van der Waals surface area contributed by atoms with Gasteiger partial charge in [-0.1, -0.05) is 29.1 Å². The maximum Gasteiger partial charge on any atom is 0.330 e. The zero-order chi connectivity index (χ0) is 13.8. The average Bonchev–Trinajstić information content (AvgIpc) is 2.37. The Labute approximate surface area is 116 Å². The van der Waals surface area contributed by atoms with Crippen molar-refractivity contribution in [2.75, 3.05) is 13.7 Å². The minimum Gasteiger partial charge on any atom is -0.467 e. The first-order valence-electron chi connectivity index (χ1n) is 5.18. The minimum atomic E-state index is -1.14. The summed E-state index contributed by atoms with van der Waals surface area (Å²) in [5.74, 6) is 1.93. The summed E-state index contributed by atoms with van der Waals surface area (Å²) in [7, 11) is 1.30. The van der Waals surface area contributed by atoms with E-state index in [-0.39, 0.29) is 6.54 Å². The Kier molecular flexibility index (Phi) is 5.03. The summed E-state index contributed by atoms with van der Waals surface area (Å²) in [5, 5.41) is 3.82. The van der Waals surface area contributed by atoms with Crippen LogP contribution in [0.4, 0.5) is 0 Å². The van der Waals surface area contributed by atoms with Crippen molar-refractivity contribution in [1.82, 2.24) is 5.32 Å². The van der Waals surface area contributed by atoms with Crippen molar-refractivity contribution in [1.29, 1.82) is 0 Å². The first-order valence-corrected chi connectivity index (χ1v) is 5.93. The molecule has 96 valence electrons. The second-order valence-electron chi connectivity index (χ2n) is 3.80. The Morgan fingerprint density at radius 1 is 1.56 bits per heavy atom. The van der Waals surface area contributed by atoms with Crippen LogP contribution in [-0.2, 0) is 15.1 Å². The number of rotatable bonds is 4. The Balaban J connectivity index is 3.29. The molecule has 1 N–H and O–H groups in total. The lowest BCUT2D eigenvalue weighted by atomic mass is 9.92. The molecule has 0 spiro atoms. The lowest BCUT2D eigenvalue weighted by molar-refractivity contribution is -0.148. The first-order chi connectivity index (χ1) is 8.45. The molecule has 0 fully saturated rings. The molecule has 0 bridgehead atoms. The van der Waals surface area contributed by atoms with Crippen molar-refractivity contribution < 1.29 is 9.53 Å². The molecule has 1 aromatic rings. The highest BCUT2D eigenvalue weighted by molar-refractivity contribution is 6.33. The number of nitrogens with one attached hydrogen (secondary N) is 1. The third-order valence-corrected chi connectivity index (χ3v) is 3.17. The molecule has 0 amide bonds. The summed E-state index contributed by atoms with van der Waals surface area (Å²) in [6.07, 6.45) is 5.20. The molecule has 18 heavy (non-hydrogen) atoms. The third-order valence-electron chi connectivity index (χ3n) is 2.60. The summed E-state index contributed by atoms with van der Waals surface area (Å²) in [6, 6.07) is 4.88. The molecular formula is C13H13Cl2NO2. The molecule has 5 heteroatoms. The summed E-state index contributed by atoms with van der Waals surface area (Å²) in [4.78, 5) is 11.9. The van der Waals surface area contributed by atoms with Crippen molar-refractivity contribution in [2.24, 2.45) is 0 Å². The van der Waals surface area contributed by atoms with Gasteiger partial charge >= 0.3 is 5.97 Å². The summed E-state index contributed by atoms with van der Waals surface area (Å²) >= 11 is 12.0. The van der Waals surface area contributed by atoms with Gasteiger partial charge in [-0.05, 0) is 25.1 Å². The van der Waals surface area contributed by atoms with Gasteiger partial charge in [0.2, 0.25) is 0 Å². The van der Waals surface area contributed by atoms with Crippen LogP contribution in [0.1, 0.15) is 12.5 Å². The molecule has 1 unspecified atom stereocenters. The van der Waals surface area contributed by atoms with Gasteiger partial charge in [-0.2, -0.15) is 0 Å². The molecular weight excluding hydrogens is 273 g/mol. The largest absolute Gasteiger partial charge is 0.467 e. The number of hydrogen-bond acceptors (Lipinski definition) is 3. The van der Waals surface area contributed by atoms with Gasteiger partial charge in [0.1, 0.15) is 5.54 Å². The maximum absolute atomic E-state index is 11.9. The topological polar surface area (TPSA) is 38.3 Å². The Morgan fingerprint density at radius 2 is 2.22 bits per heavy atom. The monoisotopic (exact) mass is 285 g/mol. The smallest absolute Gasteiger partial charge is 0.330 e. The fourth-order valence-corrected chi connectivity index (χ4v) is 2.07. The minimum absolute atomic E-state index is 0.203. The molecule has 0 aromatic heterocycles. The Hall–Kier alpha value is -1.21. The molecule has 0 saturated heterocycles. The lowest BCUT2D eigenvalue weighted by Gasteiger charge is -2.28. The summed E-state index contributed by atoms with van der Waals surface area (Å²) in [5.41, 5.74) is -0.609. The van der Waals surface area contributed by atoms with E-state index in [2.05, 4.69) is 11.2 Å². The van der Waals surface area contributed by atoms with Crippen molar-refractivity contribution in [2.45, 2.75) is 12.5 Å². The number of esters is 1. The van der Waals surface area contributed by atoms with E-state index in [1.54, 1.807) is 25.1 Å². The molecule has 0 radical (unpaired) electrons. The van der Waals surface area contributed by atoms with E-state index in [4.69, 9.17) is 34.4 Å². The van der Waals surface area contributed by atoms with E-state index < -0.39 is 11.5 Å². The SMILES string of the molecule is C#CCNC(C)(C(=O)OC)c1cc(Cl)ccc1Cl. The number of hydrogen-bond donors (Lipinski definition) is 1. The second kappa shape index (κ2) is 6.10. The van der Waals surface area contributed by atoms with Crippen LogP contribution in [0.3, 0.4) is 0 Å². The quantitative estimate of drug-likeness (QED) is 0.683. The van der Waals surface area contributed by atoms with E-state index in [0.29, 0.717) is 15.6 Å². The van der Waals surface area contributed by atoms with Gasteiger partial charge in [-0.15, -0.1) is 6.42 Å². The standard InChI is InChI=1S/C13H13Cl2NO2/c1-4-7-16-13(2,12(17)18-3)10-8-9(14)5-6-11(10)15/h1,5-6,8,16H,7H2,2-3H3.